The largest absolute Gasteiger partial charge is 0.497 e. The first kappa shape index (κ1) is 16.6. The third kappa shape index (κ3) is 3.45. The molecule has 0 bridgehead atoms. The minimum atomic E-state index is 0.227. The zero-order valence-corrected chi connectivity index (χ0v) is 15.8. The molecule has 132 valence electrons. The van der Waals surface area contributed by atoms with Gasteiger partial charge in [0.05, 0.1) is 12.7 Å². The first-order valence-electron chi connectivity index (χ1n) is 9.19. The van der Waals surface area contributed by atoms with Gasteiger partial charge in [-0.3, -0.25) is 4.79 Å². The van der Waals surface area contributed by atoms with E-state index in [1.54, 1.807) is 18.4 Å². The summed E-state index contributed by atoms with van der Waals surface area (Å²) in [6, 6.07) is 8.48. The molecule has 1 aromatic carbocycles. The van der Waals surface area contributed by atoms with Crippen molar-refractivity contribution in [2.24, 2.45) is 5.92 Å². The molecule has 1 amide bonds. The van der Waals surface area contributed by atoms with Crippen molar-refractivity contribution in [1.82, 2.24) is 4.90 Å². The number of carbonyl (C=O) groups is 1. The van der Waals surface area contributed by atoms with Gasteiger partial charge in [-0.2, -0.15) is 0 Å². The van der Waals surface area contributed by atoms with Crippen molar-refractivity contribution in [1.29, 1.82) is 0 Å². The van der Waals surface area contributed by atoms with E-state index in [4.69, 9.17) is 4.74 Å². The number of benzene rings is 1. The SMILES string of the molecule is COc1ccc(CN(C(=O)c2csc3c2CCC(C)C3)C2CC2)cc1. The predicted molar refractivity (Wildman–Crippen MR) is 101 cm³/mol. The van der Waals surface area contributed by atoms with Gasteiger partial charge in [-0.05, 0) is 61.3 Å². The molecule has 2 aliphatic carbocycles. The van der Waals surface area contributed by atoms with Gasteiger partial charge in [0.1, 0.15) is 5.75 Å². The summed E-state index contributed by atoms with van der Waals surface area (Å²) in [6.07, 6.45) is 5.65. The molecule has 3 nitrogen and oxygen atoms in total. The van der Waals surface area contributed by atoms with Gasteiger partial charge in [0.15, 0.2) is 0 Å². The quantitative estimate of drug-likeness (QED) is 0.779. The minimum absolute atomic E-state index is 0.227. The molecule has 2 aliphatic rings. The fourth-order valence-corrected chi connectivity index (χ4v) is 4.93. The second-order valence-corrected chi connectivity index (χ2v) is 8.38. The Morgan fingerprint density at radius 1 is 1.24 bits per heavy atom. The Kier molecular flexibility index (Phi) is 4.55. The third-order valence-corrected chi connectivity index (χ3v) is 6.44. The second kappa shape index (κ2) is 6.83. The van der Waals surface area contributed by atoms with Gasteiger partial charge in [0.25, 0.3) is 5.91 Å². The van der Waals surface area contributed by atoms with Crippen LogP contribution in [0.1, 0.15) is 52.5 Å². The van der Waals surface area contributed by atoms with E-state index in [1.807, 2.05) is 12.1 Å². The van der Waals surface area contributed by atoms with E-state index in [9.17, 15) is 4.79 Å². The Labute approximate surface area is 153 Å². The Morgan fingerprint density at radius 2 is 2.00 bits per heavy atom. The van der Waals surface area contributed by atoms with Crippen molar-refractivity contribution < 1.29 is 9.53 Å². The van der Waals surface area contributed by atoms with Crippen molar-refractivity contribution in [3.05, 3.63) is 51.2 Å². The van der Waals surface area contributed by atoms with Gasteiger partial charge >= 0.3 is 0 Å². The van der Waals surface area contributed by atoms with Crippen LogP contribution in [-0.4, -0.2) is 24.0 Å². The van der Waals surface area contributed by atoms with Crippen LogP contribution in [-0.2, 0) is 19.4 Å². The summed E-state index contributed by atoms with van der Waals surface area (Å²) in [7, 11) is 1.68. The van der Waals surface area contributed by atoms with E-state index in [1.165, 1.54) is 22.4 Å². The van der Waals surface area contributed by atoms with Gasteiger partial charge < -0.3 is 9.64 Å². The van der Waals surface area contributed by atoms with Crippen LogP contribution in [0.5, 0.6) is 5.75 Å². The lowest BCUT2D eigenvalue weighted by Crippen LogP contribution is -2.33. The number of carbonyl (C=O) groups excluding carboxylic acids is 1. The van der Waals surface area contributed by atoms with E-state index in [2.05, 4.69) is 29.3 Å². The number of nitrogens with zero attached hydrogens (tertiary/aromatic N) is 1. The lowest BCUT2D eigenvalue weighted by molar-refractivity contribution is 0.0729. The highest BCUT2D eigenvalue weighted by Crippen LogP contribution is 2.36. The molecule has 1 unspecified atom stereocenters. The molecule has 1 heterocycles. The van der Waals surface area contributed by atoms with Crippen molar-refractivity contribution in [2.45, 2.75) is 51.6 Å². The summed E-state index contributed by atoms with van der Waals surface area (Å²) in [6.45, 7) is 3.00. The van der Waals surface area contributed by atoms with E-state index in [0.29, 0.717) is 12.6 Å². The van der Waals surface area contributed by atoms with Gasteiger partial charge in [-0.15, -0.1) is 11.3 Å². The molecule has 4 rings (SSSR count). The summed E-state index contributed by atoms with van der Waals surface area (Å²) >= 11 is 1.78. The highest BCUT2D eigenvalue weighted by molar-refractivity contribution is 7.10. The van der Waals surface area contributed by atoms with Crippen LogP contribution >= 0.6 is 11.3 Å². The van der Waals surface area contributed by atoms with Crippen LogP contribution in [0, 0.1) is 5.92 Å². The number of amides is 1. The molecule has 1 atom stereocenters. The van der Waals surface area contributed by atoms with Gasteiger partial charge in [-0.25, -0.2) is 0 Å². The first-order valence-corrected chi connectivity index (χ1v) is 10.1. The van der Waals surface area contributed by atoms with Crippen LogP contribution < -0.4 is 4.74 Å². The maximum Gasteiger partial charge on any atom is 0.255 e. The van der Waals surface area contributed by atoms with E-state index >= 15 is 0 Å². The van der Waals surface area contributed by atoms with Crippen LogP contribution in [0.4, 0.5) is 0 Å². The minimum Gasteiger partial charge on any atom is -0.497 e. The van der Waals surface area contributed by atoms with E-state index in [-0.39, 0.29) is 5.91 Å². The number of methoxy groups -OCH3 is 1. The Morgan fingerprint density at radius 3 is 2.68 bits per heavy atom. The summed E-state index contributed by atoms with van der Waals surface area (Å²) in [4.78, 5) is 16.8. The molecule has 1 aromatic heterocycles. The molecule has 0 N–H and O–H groups in total. The number of hydrogen-bond acceptors (Lipinski definition) is 3. The Balaban J connectivity index is 1.55. The molecule has 1 fully saturated rings. The maximum absolute atomic E-state index is 13.3. The molecule has 25 heavy (non-hydrogen) atoms. The standard InChI is InChI=1S/C21H25NO2S/c1-14-3-10-18-19(13-25-20(18)11-14)21(23)22(16-6-7-16)12-15-4-8-17(24-2)9-5-15/h4-5,8-9,13-14,16H,3,6-7,10-12H2,1-2H3. The second-order valence-electron chi connectivity index (χ2n) is 7.41. The lowest BCUT2D eigenvalue weighted by Gasteiger charge is -2.24. The number of hydrogen-bond donors (Lipinski definition) is 0. The van der Waals surface area contributed by atoms with Crippen molar-refractivity contribution in [2.75, 3.05) is 7.11 Å². The highest BCUT2D eigenvalue weighted by Gasteiger charge is 2.35. The molecule has 2 aromatic rings. The number of rotatable bonds is 5. The summed E-state index contributed by atoms with van der Waals surface area (Å²) in [5.74, 6) is 1.83. The smallest absolute Gasteiger partial charge is 0.255 e. The monoisotopic (exact) mass is 355 g/mol. The van der Waals surface area contributed by atoms with Crippen molar-refractivity contribution in [3.63, 3.8) is 0 Å². The summed E-state index contributed by atoms with van der Waals surface area (Å²) in [5, 5.41) is 2.11. The Hall–Kier alpha value is -1.81. The summed E-state index contributed by atoms with van der Waals surface area (Å²) < 4.78 is 5.23. The average molecular weight is 356 g/mol. The van der Waals surface area contributed by atoms with Gasteiger partial charge in [-0.1, -0.05) is 19.1 Å². The van der Waals surface area contributed by atoms with Crippen LogP contribution in [0.3, 0.4) is 0 Å². The number of fused-ring (bicyclic) bond motifs is 1. The van der Waals surface area contributed by atoms with Gasteiger partial charge in [0.2, 0.25) is 0 Å². The fraction of sp³-hybridized carbons (Fsp3) is 0.476. The summed E-state index contributed by atoms with van der Waals surface area (Å²) in [5.41, 5.74) is 3.46. The number of ether oxygens (including phenoxy) is 1. The van der Waals surface area contributed by atoms with E-state index < -0.39 is 0 Å². The average Bonchev–Trinajstić information content (AvgIpc) is 3.39. The Bertz CT molecular complexity index is 761. The molecule has 4 heteroatoms. The van der Waals surface area contributed by atoms with Crippen LogP contribution in [0.15, 0.2) is 29.6 Å². The first-order chi connectivity index (χ1) is 12.2. The molecule has 0 saturated heterocycles. The van der Waals surface area contributed by atoms with Crippen molar-refractivity contribution >= 4 is 17.2 Å². The zero-order chi connectivity index (χ0) is 17.4. The highest BCUT2D eigenvalue weighted by atomic mass is 32.1. The van der Waals surface area contributed by atoms with Crippen molar-refractivity contribution in [3.8, 4) is 5.75 Å². The normalized spacial score (nSPS) is 19.4. The third-order valence-electron chi connectivity index (χ3n) is 5.39. The maximum atomic E-state index is 13.3. The number of thiophene rings is 1. The molecule has 0 aliphatic heterocycles. The molecule has 1 saturated carbocycles. The molecule has 0 radical (unpaired) electrons. The van der Waals surface area contributed by atoms with Crippen LogP contribution in [0.25, 0.3) is 0 Å². The van der Waals surface area contributed by atoms with Gasteiger partial charge in [0, 0.05) is 22.8 Å². The zero-order valence-electron chi connectivity index (χ0n) is 15.0. The van der Waals surface area contributed by atoms with E-state index in [0.717, 1.165) is 42.9 Å². The topological polar surface area (TPSA) is 29.5 Å². The van der Waals surface area contributed by atoms with Crippen LogP contribution in [0.2, 0.25) is 0 Å². The molecular weight excluding hydrogens is 330 g/mol. The predicted octanol–water partition coefficient (Wildman–Crippen LogP) is 4.69. The molecular formula is C21H25NO2S. The molecule has 0 spiro atoms. The fourth-order valence-electron chi connectivity index (χ4n) is 3.69. The lowest BCUT2D eigenvalue weighted by atomic mass is 9.88.